The Hall–Kier alpha value is -1.44. The Balaban J connectivity index is 1.58. The van der Waals surface area contributed by atoms with Gasteiger partial charge in [0.1, 0.15) is 0 Å². The number of carbonyl (C=O) groups is 1. The van der Waals surface area contributed by atoms with Crippen molar-refractivity contribution in [3.63, 3.8) is 0 Å². The highest BCUT2D eigenvalue weighted by Gasteiger charge is 2.28. The molecule has 2 aliphatic rings. The Morgan fingerprint density at radius 3 is 2.61 bits per heavy atom. The van der Waals surface area contributed by atoms with Gasteiger partial charge in [-0.05, 0) is 43.4 Å². The normalized spacial score (nSPS) is 19.5. The summed E-state index contributed by atoms with van der Waals surface area (Å²) in [7, 11) is -3.58. The van der Waals surface area contributed by atoms with Crippen LogP contribution in [-0.4, -0.2) is 44.9 Å². The van der Waals surface area contributed by atoms with Crippen molar-refractivity contribution in [3.8, 4) is 0 Å². The second-order valence-electron chi connectivity index (χ2n) is 7.94. The highest BCUT2D eigenvalue weighted by molar-refractivity contribution is 7.89. The minimum absolute atomic E-state index is 0.0469. The van der Waals surface area contributed by atoms with Crippen LogP contribution in [0.4, 0.5) is 5.69 Å². The number of sulfonamides is 1. The van der Waals surface area contributed by atoms with Crippen LogP contribution in [-0.2, 0) is 19.6 Å². The highest BCUT2D eigenvalue weighted by atomic mass is 32.2. The summed E-state index contributed by atoms with van der Waals surface area (Å²) in [6.45, 7) is 3.33. The van der Waals surface area contributed by atoms with Crippen LogP contribution in [0.15, 0.2) is 23.1 Å². The molecule has 0 aromatic heterocycles. The Labute approximate surface area is 168 Å². The number of morpholine rings is 1. The van der Waals surface area contributed by atoms with Crippen LogP contribution >= 0.6 is 0 Å². The number of ether oxygens (including phenoxy) is 1. The summed E-state index contributed by atoms with van der Waals surface area (Å²) in [4.78, 5) is 12.6. The van der Waals surface area contributed by atoms with Crippen molar-refractivity contribution < 1.29 is 17.9 Å². The third-order valence-electron chi connectivity index (χ3n) is 5.80. The lowest BCUT2D eigenvalue weighted by Gasteiger charge is -2.26. The standard InChI is InChI=1S/C21H32N2O4S/c1-17-10-11-19(16-20(17)28(25,26)23-12-14-27-15-13-23)22-21(24)9-5-8-18-6-3-2-4-7-18/h10-11,16,18H,2-9,12-15H2,1H3,(H,22,24). The van der Waals surface area contributed by atoms with Gasteiger partial charge in [0, 0.05) is 25.2 Å². The van der Waals surface area contributed by atoms with Gasteiger partial charge >= 0.3 is 0 Å². The zero-order valence-electron chi connectivity index (χ0n) is 16.8. The first-order valence-electron chi connectivity index (χ1n) is 10.5. The first kappa shape index (κ1) is 21.3. The monoisotopic (exact) mass is 408 g/mol. The van der Waals surface area contributed by atoms with E-state index in [1.54, 1.807) is 25.1 Å². The highest BCUT2D eigenvalue weighted by Crippen LogP contribution is 2.28. The van der Waals surface area contributed by atoms with E-state index in [9.17, 15) is 13.2 Å². The number of rotatable bonds is 7. The van der Waals surface area contributed by atoms with Crippen molar-refractivity contribution in [1.29, 1.82) is 0 Å². The van der Waals surface area contributed by atoms with E-state index in [1.807, 2.05) is 0 Å². The average molecular weight is 409 g/mol. The molecule has 0 spiro atoms. The van der Waals surface area contributed by atoms with Crippen LogP contribution in [0.1, 0.15) is 56.9 Å². The molecule has 1 amide bonds. The Morgan fingerprint density at radius 1 is 1.18 bits per heavy atom. The van der Waals surface area contributed by atoms with E-state index in [-0.39, 0.29) is 10.8 Å². The Kier molecular flexibility index (Phi) is 7.48. The van der Waals surface area contributed by atoms with Gasteiger partial charge in [-0.3, -0.25) is 4.79 Å². The fourth-order valence-electron chi connectivity index (χ4n) is 4.13. The van der Waals surface area contributed by atoms with E-state index in [4.69, 9.17) is 4.74 Å². The molecule has 0 bridgehead atoms. The van der Waals surface area contributed by atoms with Crippen LogP contribution in [0.2, 0.25) is 0 Å². The van der Waals surface area contributed by atoms with E-state index >= 15 is 0 Å². The minimum atomic E-state index is -3.58. The number of aryl methyl sites for hydroxylation is 1. The van der Waals surface area contributed by atoms with Gasteiger partial charge in [-0.15, -0.1) is 0 Å². The van der Waals surface area contributed by atoms with E-state index in [1.165, 1.54) is 36.4 Å². The molecule has 1 aromatic carbocycles. The molecule has 0 atom stereocenters. The molecule has 2 fully saturated rings. The Morgan fingerprint density at radius 2 is 1.89 bits per heavy atom. The molecule has 1 aliphatic heterocycles. The Bertz CT molecular complexity index is 767. The topological polar surface area (TPSA) is 75.7 Å². The van der Waals surface area contributed by atoms with Gasteiger partial charge in [0.25, 0.3) is 0 Å². The third-order valence-corrected chi connectivity index (χ3v) is 7.84. The average Bonchev–Trinajstić information content (AvgIpc) is 2.71. The molecule has 1 saturated carbocycles. The molecule has 6 nitrogen and oxygen atoms in total. The molecule has 1 saturated heterocycles. The van der Waals surface area contributed by atoms with Crippen molar-refractivity contribution in [2.75, 3.05) is 31.6 Å². The summed E-state index contributed by atoms with van der Waals surface area (Å²) >= 11 is 0. The van der Waals surface area contributed by atoms with E-state index < -0.39 is 10.0 Å². The van der Waals surface area contributed by atoms with Gasteiger partial charge in [0.05, 0.1) is 18.1 Å². The lowest BCUT2D eigenvalue weighted by atomic mass is 9.86. The first-order chi connectivity index (χ1) is 13.5. The maximum atomic E-state index is 13.0. The largest absolute Gasteiger partial charge is 0.379 e. The zero-order valence-corrected chi connectivity index (χ0v) is 17.6. The van der Waals surface area contributed by atoms with Crippen molar-refractivity contribution in [2.45, 2.75) is 63.2 Å². The van der Waals surface area contributed by atoms with Crippen LogP contribution in [0.3, 0.4) is 0 Å². The molecule has 1 heterocycles. The maximum absolute atomic E-state index is 13.0. The predicted octanol–water partition coefficient (Wildman–Crippen LogP) is 3.71. The number of nitrogens with zero attached hydrogens (tertiary/aromatic N) is 1. The zero-order chi connectivity index (χ0) is 20.0. The summed E-state index contributed by atoms with van der Waals surface area (Å²) in [5.41, 5.74) is 1.22. The lowest BCUT2D eigenvalue weighted by molar-refractivity contribution is -0.116. The van der Waals surface area contributed by atoms with Crippen molar-refractivity contribution in [3.05, 3.63) is 23.8 Å². The van der Waals surface area contributed by atoms with E-state index in [2.05, 4.69) is 5.32 Å². The smallest absolute Gasteiger partial charge is 0.243 e. The minimum Gasteiger partial charge on any atom is -0.379 e. The fourth-order valence-corrected chi connectivity index (χ4v) is 5.79. The van der Waals surface area contributed by atoms with Gasteiger partial charge in [0.15, 0.2) is 0 Å². The molecule has 0 unspecified atom stereocenters. The number of anilines is 1. The summed E-state index contributed by atoms with van der Waals surface area (Å²) in [6.07, 6.45) is 9.06. The van der Waals surface area contributed by atoms with Crippen molar-refractivity contribution >= 4 is 21.6 Å². The molecule has 7 heteroatoms. The van der Waals surface area contributed by atoms with Crippen molar-refractivity contribution in [2.24, 2.45) is 5.92 Å². The SMILES string of the molecule is Cc1ccc(NC(=O)CCCC2CCCCC2)cc1S(=O)(=O)N1CCOCC1. The number of hydrogen-bond acceptors (Lipinski definition) is 4. The second-order valence-corrected chi connectivity index (χ2v) is 9.85. The quantitative estimate of drug-likeness (QED) is 0.746. The van der Waals surface area contributed by atoms with Crippen LogP contribution in [0, 0.1) is 12.8 Å². The molecule has 156 valence electrons. The fraction of sp³-hybridized carbons (Fsp3) is 0.667. The summed E-state index contributed by atoms with van der Waals surface area (Å²) in [5, 5.41) is 2.88. The molecule has 1 aromatic rings. The van der Waals surface area contributed by atoms with Gasteiger partial charge in [-0.1, -0.05) is 38.2 Å². The van der Waals surface area contributed by atoms with Crippen LogP contribution in [0.5, 0.6) is 0 Å². The molecular formula is C21H32N2O4S. The molecule has 1 N–H and O–H groups in total. The van der Waals surface area contributed by atoms with Gasteiger partial charge in [-0.2, -0.15) is 4.31 Å². The molecule has 3 rings (SSSR count). The lowest BCUT2D eigenvalue weighted by Crippen LogP contribution is -2.40. The van der Waals surface area contributed by atoms with Crippen LogP contribution in [0.25, 0.3) is 0 Å². The maximum Gasteiger partial charge on any atom is 0.243 e. The van der Waals surface area contributed by atoms with Crippen molar-refractivity contribution in [1.82, 2.24) is 4.31 Å². The number of nitrogens with one attached hydrogen (secondary N) is 1. The second kappa shape index (κ2) is 9.85. The number of hydrogen-bond donors (Lipinski definition) is 1. The summed E-state index contributed by atoms with van der Waals surface area (Å²) in [5.74, 6) is 0.723. The van der Waals surface area contributed by atoms with E-state index in [0.717, 1.165) is 18.8 Å². The summed E-state index contributed by atoms with van der Waals surface area (Å²) in [6, 6.07) is 5.11. The molecular weight excluding hydrogens is 376 g/mol. The number of carbonyl (C=O) groups excluding carboxylic acids is 1. The third kappa shape index (κ3) is 5.55. The van der Waals surface area contributed by atoms with Gasteiger partial charge < -0.3 is 10.1 Å². The molecule has 1 aliphatic carbocycles. The molecule has 0 radical (unpaired) electrons. The number of amides is 1. The van der Waals surface area contributed by atoms with Gasteiger partial charge in [0.2, 0.25) is 15.9 Å². The van der Waals surface area contributed by atoms with E-state index in [0.29, 0.717) is 44.0 Å². The predicted molar refractivity (Wildman–Crippen MR) is 110 cm³/mol. The van der Waals surface area contributed by atoms with Gasteiger partial charge in [-0.25, -0.2) is 8.42 Å². The molecule has 28 heavy (non-hydrogen) atoms. The number of benzene rings is 1. The first-order valence-corrected chi connectivity index (χ1v) is 11.9. The van der Waals surface area contributed by atoms with Crippen LogP contribution < -0.4 is 5.32 Å². The summed E-state index contributed by atoms with van der Waals surface area (Å²) < 4.78 is 32.6.